The molecule has 1 aromatic heterocycles. The van der Waals surface area contributed by atoms with Gasteiger partial charge in [-0.15, -0.1) is 5.10 Å². The van der Waals surface area contributed by atoms with Crippen LogP contribution in [0.1, 0.15) is 17.3 Å². The standard InChI is InChI=1S/C18H21BrClN5O4/c1-11(10-25-6-8-28-9-7-25)21-18(27)29-17-14(19)15(23-24-17)22-16(26)12-4-2-3-5-13(12)20/h2-5,11H,6-10H2,1H3,(H,21,27)(H2,22,23,24,26). The Morgan fingerprint density at radius 3 is 2.83 bits per heavy atom. The molecule has 9 nitrogen and oxygen atoms in total. The van der Waals surface area contributed by atoms with Crippen molar-refractivity contribution in [3.8, 4) is 5.88 Å². The number of morpholine rings is 1. The highest BCUT2D eigenvalue weighted by Crippen LogP contribution is 2.30. The number of nitrogens with one attached hydrogen (secondary N) is 3. The van der Waals surface area contributed by atoms with E-state index in [2.05, 4.69) is 41.7 Å². The van der Waals surface area contributed by atoms with Gasteiger partial charge in [0.15, 0.2) is 0 Å². The van der Waals surface area contributed by atoms with Crippen LogP contribution in [0.15, 0.2) is 28.7 Å². The van der Waals surface area contributed by atoms with Gasteiger partial charge in [-0.2, -0.15) is 0 Å². The fraction of sp³-hybridized carbons (Fsp3) is 0.389. The number of hydrogen-bond acceptors (Lipinski definition) is 6. The van der Waals surface area contributed by atoms with Crippen LogP contribution in [0.2, 0.25) is 5.02 Å². The first-order valence-electron chi connectivity index (χ1n) is 9.02. The molecule has 0 spiro atoms. The van der Waals surface area contributed by atoms with Crippen molar-refractivity contribution >= 4 is 45.3 Å². The van der Waals surface area contributed by atoms with Crippen LogP contribution in [0.5, 0.6) is 5.88 Å². The molecule has 0 bridgehead atoms. The molecule has 2 amide bonds. The lowest BCUT2D eigenvalue weighted by Gasteiger charge is -2.29. The Labute approximate surface area is 181 Å². The maximum atomic E-state index is 12.4. The third-order valence-corrected chi connectivity index (χ3v) is 5.29. The summed E-state index contributed by atoms with van der Waals surface area (Å²) in [5.74, 6) is -0.162. The van der Waals surface area contributed by atoms with Crippen LogP contribution in [0.25, 0.3) is 0 Å². The van der Waals surface area contributed by atoms with Gasteiger partial charge in [0, 0.05) is 25.7 Å². The highest BCUT2D eigenvalue weighted by Gasteiger charge is 2.20. The number of nitrogens with zero attached hydrogens (tertiary/aromatic N) is 2. The van der Waals surface area contributed by atoms with Gasteiger partial charge in [-0.05, 0) is 35.0 Å². The van der Waals surface area contributed by atoms with E-state index in [4.69, 9.17) is 21.1 Å². The van der Waals surface area contributed by atoms with Gasteiger partial charge >= 0.3 is 6.09 Å². The highest BCUT2D eigenvalue weighted by molar-refractivity contribution is 9.10. The van der Waals surface area contributed by atoms with E-state index in [0.717, 1.165) is 13.1 Å². The van der Waals surface area contributed by atoms with Crippen LogP contribution in [-0.2, 0) is 4.74 Å². The van der Waals surface area contributed by atoms with E-state index in [0.29, 0.717) is 34.8 Å². The van der Waals surface area contributed by atoms with Gasteiger partial charge in [0.2, 0.25) is 0 Å². The van der Waals surface area contributed by atoms with E-state index in [-0.39, 0.29) is 17.7 Å². The highest BCUT2D eigenvalue weighted by atomic mass is 79.9. The predicted octanol–water partition coefficient (Wildman–Crippen LogP) is 2.89. The number of carbonyl (C=O) groups is 2. The number of rotatable bonds is 6. The average Bonchev–Trinajstić information content (AvgIpc) is 3.02. The topological polar surface area (TPSA) is 109 Å². The maximum absolute atomic E-state index is 12.4. The Hall–Kier alpha value is -2.14. The number of halogens is 2. The first kappa shape index (κ1) is 21.6. The van der Waals surface area contributed by atoms with Gasteiger partial charge < -0.3 is 20.1 Å². The zero-order valence-electron chi connectivity index (χ0n) is 15.7. The van der Waals surface area contributed by atoms with Crippen molar-refractivity contribution in [1.82, 2.24) is 20.4 Å². The lowest BCUT2D eigenvalue weighted by Crippen LogP contribution is -2.46. The van der Waals surface area contributed by atoms with Gasteiger partial charge in [-0.1, -0.05) is 23.7 Å². The summed E-state index contributed by atoms with van der Waals surface area (Å²) in [5, 5.41) is 12.3. The van der Waals surface area contributed by atoms with Crippen LogP contribution in [0.4, 0.5) is 10.6 Å². The number of aromatic nitrogens is 2. The molecule has 3 N–H and O–H groups in total. The molecular formula is C18H21BrClN5O4. The number of hydrogen-bond donors (Lipinski definition) is 3. The monoisotopic (exact) mass is 485 g/mol. The number of benzene rings is 1. The van der Waals surface area contributed by atoms with Crippen molar-refractivity contribution in [2.45, 2.75) is 13.0 Å². The fourth-order valence-corrected chi connectivity index (χ4v) is 3.40. The van der Waals surface area contributed by atoms with Crippen molar-refractivity contribution in [2.24, 2.45) is 0 Å². The molecule has 0 radical (unpaired) electrons. The molecule has 1 aliphatic heterocycles. The molecule has 156 valence electrons. The summed E-state index contributed by atoms with van der Waals surface area (Å²) in [6.45, 7) is 5.64. The van der Waals surface area contributed by atoms with Gasteiger partial charge in [-0.3, -0.25) is 14.8 Å². The van der Waals surface area contributed by atoms with Crippen LogP contribution >= 0.6 is 27.5 Å². The molecule has 3 rings (SSSR count). The van der Waals surface area contributed by atoms with E-state index in [1.807, 2.05) is 6.92 Å². The second kappa shape index (κ2) is 10.1. The van der Waals surface area contributed by atoms with Crippen LogP contribution in [0, 0.1) is 0 Å². The fourth-order valence-electron chi connectivity index (χ4n) is 2.82. The summed E-state index contributed by atoms with van der Waals surface area (Å²) in [4.78, 5) is 26.7. The molecule has 1 aromatic carbocycles. The Morgan fingerprint density at radius 1 is 1.38 bits per heavy atom. The molecule has 1 aliphatic rings. The van der Waals surface area contributed by atoms with E-state index in [1.54, 1.807) is 24.3 Å². The molecule has 0 aliphatic carbocycles. The molecule has 2 heterocycles. The van der Waals surface area contributed by atoms with E-state index in [1.165, 1.54) is 0 Å². The molecule has 2 aromatic rings. The number of carbonyl (C=O) groups excluding carboxylic acids is 2. The molecule has 11 heteroatoms. The lowest BCUT2D eigenvalue weighted by molar-refractivity contribution is 0.0346. The Kier molecular flexibility index (Phi) is 7.48. The first-order chi connectivity index (χ1) is 13.9. The van der Waals surface area contributed by atoms with Crippen LogP contribution in [-0.4, -0.2) is 66.0 Å². The van der Waals surface area contributed by atoms with Gasteiger partial charge in [-0.25, -0.2) is 4.79 Å². The smallest absolute Gasteiger partial charge is 0.388 e. The molecule has 1 unspecified atom stereocenters. The van der Waals surface area contributed by atoms with Crippen LogP contribution in [0.3, 0.4) is 0 Å². The molecule has 29 heavy (non-hydrogen) atoms. The Balaban J connectivity index is 1.54. The summed E-state index contributed by atoms with van der Waals surface area (Å²) in [5.41, 5.74) is 0.313. The summed E-state index contributed by atoms with van der Waals surface area (Å²) in [6, 6.07) is 6.55. The Morgan fingerprint density at radius 2 is 2.10 bits per heavy atom. The summed E-state index contributed by atoms with van der Waals surface area (Å²) in [7, 11) is 0. The van der Waals surface area contributed by atoms with Crippen molar-refractivity contribution in [2.75, 3.05) is 38.2 Å². The third kappa shape index (κ3) is 5.92. The molecule has 1 atom stereocenters. The minimum Gasteiger partial charge on any atom is -0.388 e. The summed E-state index contributed by atoms with van der Waals surface area (Å²) >= 11 is 9.31. The zero-order chi connectivity index (χ0) is 20.8. The van der Waals surface area contributed by atoms with Gasteiger partial charge in [0.05, 0.1) is 23.8 Å². The summed E-state index contributed by atoms with van der Waals surface area (Å²) < 4.78 is 10.9. The third-order valence-electron chi connectivity index (χ3n) is 4.22. The summed E-state index contributed by atoms with van der Waals surface area (Å²) in [6.07, 6.45) is -0.637. The second-order valence-corrected chi connectivity index (χ2v) is 7.70. The van der Waals surface area contributed by atoms with E-state index < -0.39 is 12.0 Å². The lowest BCUT2D eigenvalue weighted by atomic mass is 10.2. The molecular weight excluding hydrogens is 466 g/mol. The average molecular weight is 487 g/mol. The molecule has 1 saturated heterocycles. The Bertz CT molecular complexity index is 872. The quantitative estimate of drug-likeness (QED) is 0.579. The largest absolute Gasteiger partial charge is 0.414 e. The number of H-pyrrole nitrogens is 1. The maximum Gasteiger partial charge on any atom is 0.414 e. The molecule has 0 saturated carbocycles. The minimum atomic E-state index is -0.637. The van der Waals surface area contributed by atoms with E-state index in [9.17, 15) is 9.59 Å². The zero-order valence-corrected chi connectivity index (χ0v) is 18.0. The predicted molar refractivity (Wildman–Crippen MR) is 112 cm³/mol. The van der Waals surface area contributed by atoms with Crippen LogP contribution < -0.4 is 15.4 Å². The normalized spacial score (nSPS) is 15.6. The van der Waals surface area contributed by atoms with Crippen molar-refractivity contribution < 1.29 is 19.1 Å². The van der Waals surface area contributed by atoms with Gasteiger partial charge in [0.25, 0.3) is 11.8 Å². The van der Waals surface area contributed by atoms with Crippen molar-refractivity contribution in [1.29, 1.82) is 0 Å². The number of aromatic amines is 1. The van der Waals surface area contributed by atoms with Crippen molar-refractivity contribution in [3.05, 3.63) is 39.3 Å². The van der Waals surface area contributed by atoms with Gasteiger partial charge in [0.1, 0.15) is 10.3 Å². The molecule has 1 fully saturated rings. The first-order valence-corrected chi connectivity index (χ1v) is 10.2. The SMILES string of the molecule is CC(CN1CCOCC1)NC(=O)Oc1n[nH]c(NC(=O)c2ccccc2Cl)c1Br. The second-order valence-electron chi connectivity index (χ2n) is 6.50. The number of ether oxygens (including phenoxy) is 2. The van der Waals surface area contributed by atoms with Crippen molar-refractivity contribution in [3.63, 3.8) is 0 Å². The minimum absolute atomic E-state index is 0.00975. The van der Waals surface area contributed by atoms with E-state index >= 15 is 0 Å². The number of amides is 2. The number of anilines is 1.